The first-order valence-electron chi connectivity index (χ1n) is 17.5. The maximum atomic E-state index is 9.73. The van der Waals surface area contributed by atoms with Gasteiger partial charge in [0.05, 0.1) is 11.6 Å². The highest BCUT2D eigenvalue weighted by Gasteiger charge is 2.44. The molecule has 4 heteroatoms. The topological polar surface area (TPSA) is 62.5 Å². The first kappa shape index (κ1) is 29.9. The largest absolute Gasteiger partial charge is 0.208 e. The summed E-state index contributed by atoms with van der Waals surface area (Å²) in [7, 11) is 0. The first-order chi connectivity index (χ1) is 24.7. The molecule has 0 saturated heterocycles. The molecule has 0 unspecified atom stereocenters. The third kappa shape index (κ3) is 5.19. The van der Waals surface area contributed by atoms with E-state index in [0.717, 1.165) is 46.2 Å². The summed E-state index contributed by atoms with van der Waals surface area (Å²) in [6, 6.07) is 53.2. The average Bonchev–Trinajstić information content (AvgIpc) is 3.45. The van der Waals surface area contributed by atoms with Crippen molar-refractivity contribution in [2.24, 2.45) is 0 Å². The maximum absolute atomic E-state index is 9.73. The number of fused-ring (bicyclic) bond motifs is 5. The zero-order valence-electron chi connectivity index (χ0n) is 27.7. The summed E-state index contributed by atoms with van der Waals surface area (Å²) in [5.74, 6) is 1.95. The van der Waals surface area contributed by atoms with Gasteiger partial charge >= 0.3 is 0 Å². The summed E-state index contributed by atoms with van der Waals surface area (Å²) >= 11 is 0. The van der Waals surface area contributed by atoms with E-state index in [9.17, 15) is 5.26 Å². The molecule has 7 aromatic rings. The summed E-state index contributed by atoms with van der Waals surface area (Å²) < 4.78 is 0. The molecule has 0 radical (unpaired) electrons. The van der Waals surface area contributed by atoms with E-state index in [2.05, 4.69) is 84.9 Å². The van der Waals surface area contributed by atoms with Crippen molar-refractivity contribution < 1.29 is 0 Å². The molecule has 1 spiro atoms. The van der Waals surface area contributed by atoms with Gasteiger partial charge in [-0.25, -0.2) is 15.0 Å². The van der Waals surface area contributed by atoms with E-state index in [4.69, 9.17) is 15.0 Å². The number of aromatic nitrogens is 3. The predicted octanol–water partition coefficient (Wildman–Crippen LogP) is 11.3. The number of nitrogens with zero attached hydrogens (tertiary/aromatic N) is 4. The molecule has 0 atom stereocenters. The number of benzene rings is 6. The van der Waals surface area contributed by atoms with Gasteiger partial charge in [0.15, 0.2) is 17.5 Å². The molecule has 50 heavy (non-hydrogen) atoms. The number of nitriles is 1. The Morgan fingerprint density at radius 3 is 1.46 bits per heavy atom. The van der Waals surface area contributed by atoms with Gasteiger partial charge < -0.3 is 0 Å². The van der Waals surface area contributed by atoms with Crippen molar-refractivity contribution in [2.45, 2.75) is 37.5 Å². The second-order valence-electron chi connectivity index (χ2n) is 13.5. The second-order valence-corrected chi connectivity index (χ2v) is 13.5. The first-order valence-corrected chi connectivity index (χ1v) is 17.5. The van der Waals surface area contributed by atoms with Gasteiger partial charge in [0.2, 0.25) is 0 Å². The highest BCUT2D eigenvalue weighted by atomic mass is 15.0. The normalized spacial score (nSPS) is 14.1. The van der Waals surface area contributed by atoms with Crippen LogP contribution in [0.25, 0.3) is 67.5 Å². The van der Waals surface area contributed by atoms with Crippen LogP contribution in [0.3, 0.4) is 0 Å². The Balaban J connectivity index is 1.10. The summed E-state index contributed by atoms with van der Waals surface area (Å²) in [6.45, 7) is 0. The molecule has 1 fully saturated rings. The number of rotatable bonds is 5. The van der Waals surface area contributed by atoms with Gasteiger partial charge in [0.25, 0.3) is 0 Å². The van der Waals surface area contributed by atoms with Crippen LogP contribution in [-0.4, -0.2) is 15.0 Å². The molecular formula is C46H34N4. The third-order valence-electron chi connectivity index (χ3n) is 10.5. The lowest BCUT2D eigenvalue weighted by Crippen LogP contribution is -2.28. The van der Waals surface area contributed by atoms with E-state index in [1.807, 2.05) is 66.7 Å². The molecule has 2 aliphatic carbocycles. The summed E-state index contributed by atoms with van der Waals surface area (Å²) in [5.41, 5.74) is 13.6. The van der Waals surface area contributed by atoms with Gasteiger partial charge in [-0.05, 0) is 87.7 Å². The zero-order chi connectivity index (χ0) is 33.5. The van der Waals surface area contributed by atoms with Crippen LogP contribution in [0.1, 0.15) is 48.8 Å². The molecule has 1 saturated carbocycles. The van der Waals surface area contributed by atoms with Gasteiger partial charge in [-0.2, -0.15) is 5.26 Å². The second kappa shape index (κ2) is 12.4. The Labute approximate surface area is 292 Å². The fourth-order valence-corrected chi connectivity index (χ4v) is 8.09. The van der Waals surface area contributed by atoms with Crippen LogP contribution in [-0.2, 0) is 5.41 Å². The zero-order valence-corrected chi connectivity index (χ0v) is 27.7. The van der Waals surface area contributed by atoms with Gasteiger partial charge in [0.1, 0.15) is 0 Å². The fourth-order valence-electron chi connectivity index (χ4n) is 8.09. The molecule has 9 rings (SSSR count). The van der Waals surface area contributed by atoms with Crippen LogP contribution < -0.4 is 0 Å². The summed E-state index contributed by atoms with van der Waals surface area (Å²) in [6.07, 6.45) is 5.97. The van der Waals surface area contributed by atoms with Crippen molar-refractivity contribution in [2.75, 3.05) is 0 Å². The van der Waals surface area contributed by atoms with Crippen LogP contribution in [0, 0.1) is 11.3 Å². The molecule has 1 aromatic heterocycles. The smallest absolute Gasteiger partial charge is 0.164 e. The van der Waals surface area contributed by atoms with E-state index in [1.165, 1.54) is 52.6 Å². The quantitative estimate of drug-likeness (QED) is 0.187. The predicted molar refractivity (Wildman–Crippen MR) is 201 cm³/mol. The van der Waals surface area contributed by atoms with Crippen molar-refractivity contribution in [1.29, 1.82) is 5.26 Å². The van der Waals surface area contributed by atoms with E-state index in [-0.39, 0.29) is 5.41 Å². The molecule has 1 heterocycles. The molecule has 2 aliphatic rings. The highest BCUT2D eigenvalue weighted by Crippen LogP contribution is 2.56. The highest BCUT2D eigenvalue weighted by molar-refractivity contribution is 5.85. The molecular weight excluding hydrogens is 609 g/mol. The molecule has 0 bridgehead atoms. The third-order valence-corrected chi connectivity index (χ3v) is 10.5. The Morgan fingerprint density at radius 1 is 0.420 bits per heavy atom. The Kier molecular flexibility index (Phi) is 7.40. The van der Waals surface area contributed by atoms with E-state index in [1.54, 1.807) is 0 Å². The summed E-state index contributed by atoms with van der Waals surface area (Å²) in [4.78, 5) is 14.8. The van der Waals surface area contributed by atoms with Crippen molar-refractivity contribution in [3.63, 3.8) is 0 Å². The Hall–Kier alpha value is -6.18. The summed E-state index contributed by atoms with van der Waals surface area (Å²) in [5, 5.41) is 9.73. The van der Waals surface area contributed by atoms with Gasteiger partial charge in [-0.3, -0.25) is 0 Å². The Morgan fingerprint density at radius 2 is 0.880 bits per heavy atom. The van der Waals surface area contributed by atoms with Crippen LogP contribution in [0.15, 0.2) is 146 Å². The number of hydrogen-bond donors (Lipinski definition) is 0. The lowest BCUT2D eigenvalue weighted by atomic mass is 9.67. The minimum atomic E-state index is -0.0144. The molecule has 238 valence electrons. The number of hydrogen-bond acceptors (Lipinski definition) is 4. The lowest BCUT2D eigenvalue weighted by Gasteiger charge is -2.36. The lowest BCUT2D eigenvalue weighted by molar-refractivity contribution is 0.353. The standard InChI is InChI=1S/C46H34N4/c47-30-31-20-22-39-40-23-21-37(29-42(40)46(41(39)26-31)24-8-3-9-25-46)35-17-10-16-34(27-35)36-18-11-19-38(28-36)45-49-43(32-12-4-1-5-13-32)48-44(50-45)33-14-6-2-7-15-33/h1-2,4-7,10-23,26-29H,3,8-9,24-25H2. The molecule has 0 aliphatic heterocycles. The average molecular weight is 643 g/mol. The van der Waals surface area contributed by atoms with Gasteiger partial charge in [-0.1, -0.05) is 135 Å². The minimum Gasteiger partial charge on any atom is -0.208 e. The maximum Gasteiger partial charge on any atom is 0.164 e. The van der Waals surface area contributed by atoms with Crippen LogP contribution >= 0.6 is 0 Å². The van der Waals surface area contributed by atoms with Gasteiger partial charge in [0, 0.05) is 22.1 Å². The molecule has 4 nitrogen and oxygen atoms in total. The minimum absolute atomic E-state index is 0.0144. The van der Waals surface area contributed by atoms with E-state index < -0.39 is 0 Å². The van der Waals surface area contributed by atoms with Crippen LogP contribution in [0.2, 0.25) is 0 Å². The SMILES string of the molecule is N#Cc1ccc2c(c1)C1(CCCCC1)c1cc(-c3cccc(-c4cccc(-c5nc(-c6ccccc6)nc(-c6ccccc6)n5)c4)c3)ccc1-2. The van der Waals surface area contributed by atoms with Crippen molar-refractivity contribution in [1.82, 2.24) is 15.0 Å². The van der Waals surface area contributed by atoms with E-state index in [0.29, 0.717) is 17.5 Å². The van der Waals surface area contributed by atoms with Crippen molar-refractivity contribution in [3.8, 4) is 73.6 Å². The molecule has 0 amide bonds. The molecule has 6 aromatic carbocycles. The van der Waals surface area contributed by atoms with Crippen molar-refractivity contribution >= 4 is 0 Å². The van der Waals surface area contributed by atoms with Crippen molar-refractivity contribution in [3.05, 3.63) is 162 Å². The van der Waals surface area contributed by atoms with Crippen LogP contribution in [0.5, 0.6) is 0 Å². The van der Waals surface area contributed by atoms with Gasteiger partial charge in [-0.15, -0.1) is 0 Å². The monoisotopic (exact) mass is 642 g/mol. The fraction of sp³-hybridized carbons (Fsp3) is 0.130. The van der Waals surface area contributed by atoms with E-state index >= 15 is 0 Å². The molecule has 0 N–H and O–H groups in total. The van der Waals surface area contributed by atoms with Crippen LogP contribution in [0.4, 0.5) is 0 Å². The Bertz CT molecular complexity index is 2360.